The highest BCUT2D eigenvalue weighted by Crippen LogP contribution is 2.22. The van der Waals surface area contributed by atoms with E-state index in [1.165, 1.54) is 4.90 Å². The topological polar surface area (TPSA) is 20.2 Å². The van der Waals surface area contributed by atoms with E-state index in [1.807, 2.05) is 23.9 Å². The minimum absolute atomic E-state index is 0.409. The predicted octanol–water partition coefficient (Wildman–Crippen LogP) is 3.41. The Hall–Kier alpha value is -0.730. The number of aliphatic hydroxyl groups excluding tert-OH is 1. The van der Waals surface area contributed by atoms with E-state index in [9.17, 15) is 5.11 Å². The van der Waals surface area contributed by atoms with Crippen LogP contribution in [0.3, 0.4) is 0 Å². The van der Waals surface area contributed by atoms with Crippen molar-refractivity contribution in [2.45, 2.75) is 24.3 Å². The molecule has 0 unspecified atom stereocenters. The van der Waals surface area contributed by atoms with Gasteiger partial charge in [-0.15, -0.1) is 18.3 Å². The molecule has 1 rings (SSSR count). The maximum absolute atomic E-state index is 9.66. The van der Waals surface area contributed by atoms with Gasteiger partial charge in [-0.05, 0) is 29.9 Å². The molecule has 1 N–H and O–H groups in total. The minimum Gasteiger partial charge on any atom is -0.388 e. The standard InChI is InChI=1S/C12H16OS/c1-3-5-12(13)10-6-8-11(9-7-10)14-4-2/h3,6-9,12-13H,1,4-5H2,2H3/t12-/m1/s1. The highest BCUT2D eigenvalue weighted by atomic mass is 32.2. The molecule has 0 radical (unpaired) electrons. The lowest BCUT2D eigenvalue weighted by Gasteiger charge is -2.08. The third-order valence-corrected chi connectivity index (χ3v) is 2.86. The van der Waals surface area contributed by atoms with E-state index in [4.69, 9.17) is 0 Å². The molecule has 0 saturated carbocycles. The lowest BCUT2D eigenvalue weighted by Crippen LogP contribution is -1.94. The zero-order valence-corrected chi connectivity index (χ0v) is 9.26. The number of benzene rings is 1. The summed E-state index contributed by atoms with van der Waals surface area (Å²) in [5.74, 6) is 1.08. The molecule has 0 aliphatic carbocycles. The second-order valence-corrected chi connectivity index (χ2v) is 4.38. The number of aliphatic hydroxyl groups is 1. The van der Waals surface area contributed by atoms with Crippen LogP contribution in [0.5, 0.6) is 0 Å². The molecule has 0 saturated heterocycles. The molecule has 0 spiro atoms. The van der Waals surface area contributed by atoms with E-state index in [1.54, 1.807) is 6.08 Å². The molecule has 1 atom stereocenters. The largest absolute Gasteiger partial charge is 0.388 e. The van der Waals surface area contributed by atoms with Crippen molar-refractivity contribution in [2.24, 2.45) is 0 Å². The van der Waals surface area contributed by atoms with Gasteiger partial charge in [-0.25, -0.2) is 0 Å². The summed E-state index contributed by atoms with van der Waals surface area (Å²) in [4.78, 5) is 1.25. The van der Waals surface area contributed by atoms with E-state index < -0.39 is 6.10 Å². The Labute approximate surface area is 89.8 Å². The smallest absolute Gasteiger partial charge is 0.0824 e. The quantitative estimate of drug-likeness (QED) is 0.591. The molecular formula is C12H16OS. The van der Waals surface area contributed by atoms with Crippen LogP contribution >= 0.6 is 11.8 Å². The zero-order valence-electron chi connectivity index (χ0n) is 8.44. The molecule has 1 aromatic carbocycles. The van der Waals surface area contributed by atoms with Crippen molar-refractivity contribution in [3.8, 4) is 0 Å². The van der Waals surface area contributed by atoms with Gasteiger partial charge in [0.15, 0.2) is 0 Å². The third-order valence-electron chi connectivity index (χ3n) is 1.97. The first-order valence-corrected chi connectivity index (χ1v) is 5.78. The number of thioether (sulfide) groups is 1. The SMILES string of the molecule is C=CC[C@@H](O)c1ccc(SCC)cc1. The summed E-state index contributed by atoms with van der Waals surface area (Å²) >= 11 is 1.81. The van der Waals surface area contributed by atoms with Gasteiger partial charge in [0, 0.05) is 4.90 Å². The second kappa shape index (κ2) is 5.89. The van der Waals surface area contributed by atoms with E-state index in [0.717, 1.165) is 11.3 Å². The van der Waals surface area contributed by atoms with Crippen LogP contribution in [0.25, 0.3) is 0 Å². The van der Waals surface area contributed by atoms with Crippen molar-refractivity contribution in [3.63, 3.8) is 0 Å². The Kier molecular flexibility index (Phi) is 4.77. The monoisotopic (exact) mass is 208 g/mol. The van der Waals surface area contributed by atoms with Gasteiger partial charge in [0.2, 0.25) is 0 Å². The molecule has 76 valence electrons. The van der Waals surface area contributed by atoms with Crippen molar-refractivity contribution in [3.05, 3.63) is 42.5 Å². The third kappa shape index (κ3) is 3.20. The van der Waals surface area contributed by atoms with Gasteiger partial charge >= 0.3 is 0 Å². The van der Waals surface area contributed by atoms with E-state index >= 15 is 0 Å². The molecular weight excluding hydrogens is 192 g/mol. The molecule has 14 heavy (non-hydrogen) atoms. The summed E-state index contributed by atoms with van der Waals surface area (Å²) in [5, 5.41) is 9.66. The van der Waals surface area contributed by atoms with Gasteiger partial charge in [-0.2, -0.15) is 0 Å². The first-order valence-electron chi connectivity index (χ1n) is 4.79. The second-order valence-electron chi connectivity index (χ2n) is 3.04. The molecule has 1 aromatic rings. The van der Waals surface area contributed by atoms with Gasteiger partial charge in [0.25, 0.3) is 0 Å². The number of hydrogen-bond donors (Lipinski definition) is 1. The molecule has 0 heterocycles. The minimum atomic E-state index is -0.409. The Morgan fingerprint density at radius 1 is 1.43 bits per heavy atom. The van der Waals surface area contributed by atoms with Gasteiger partial charge in [0.1, 0.15) is 0 Å². The van der Waals surface area contributed by atoms with Crippen LogP contribution in [0, 0.1) is 0 Å². The average Bonchev–Trinajstić information content (AvgIpc) is 2.20. The molecule has 2 heteroatoms. The Morgan fingerprint density at radius 3 is 2.57 bits per heavy atom. The average molecular weight is 208 g/mol. The maximum atomic E-state index is 9.66. The lowest BCUT2D eigenvalue weighted by molar-refractivity contribution is 0.181. The predicted molar refractivity (Wildman–Crippen MR) is 62.6 cm³/mol. The molecule has 0 amide bonds. The van der Waals surface area contributed by atoms with Gasteiger partial charge < -0.3 is 5.11 Å². The van der Waals surface area contributed by atoms with Crippen LogP contribution in [-0.4, -0.2) is 10.9 Å². The Balaban J connectivity index is 2.67. The van der Waals surface area contributed by atoms with Gasteiger partial charge in [0.05, 0.1) is 6.10 Å². The maximum Gasteiger partial charge on any atom is 0.0824 e. The summed E-state index contributed by atoms with van der Waals surface area (Å²) < 4.78 is 0. The molecule has 1 nitrogen and oxygen atoms in total. The molecule has 0 aliphatic rings. The summed E-state index contributed by atoms with van der Waals surface area (Å²) in [6.07, 6.45) is 1.94. The highest BCUT2D eigenvalue weighted by molar-refractivity contribution is 7.99. The van der Waals surface area contributed by atoms with Crippen molar-refractivity contribution >= 4 is 11.8 Å². The summed E-state index contributed by atoms with van der Waals surface area (Å²) in [6.45, 7) is 5.74. The summed E-state index contributed by atoms with van der Waals surface area (Å²) in [5.41, 5.74) is 0.963. The van der Waals surface area contributed by atoms with Gasteiger partial charge in [-0.3, -0.25) is 0 Å². The zero-order chi connectivity index (χ0) is 10.4. The van der Waals surface area contributed by atoms with Gasteiger partial charge in [-0.1, -0.05) is 25.1 Å². The highest BCUT2D eigenvalue weighted by Gasteiger charge is 2.04. The van der Waals surface area contributed by atoms with Crippen LogP contribution in [-0.2, 0) is 0 Å². The lowest BCUT2D eigenvalue weighted by atomic mass is 10.1. The fourth-order valence-electron chi connectivity index (χ4n) is 1.25. The number of rotatable bonds is 5. The van der Waals surface area contributed by atoms with E-state index in [2.05, 4.69) is 25.6 Å². The number of hydrogen-bond acceptors (Lipinski definition) is 2. The van der Waals surface area contributed by atoms with Crippen LogP contribution in [0.4, 0.5) is 0 Å². The van der Waals surface area contributed by atoms with Crippen molar-refractivity contribution in [2.75, 3.05) is 5.75 Å². The van der Waals surface area contributed by atoms with E-state index in [0.29, 0.717) is 6.42 Å². The molecule has 0 fully saturated rings. The first kappa shape index (κ1) is 11.3. The molecule has 0 bridgehead atoms. The summed E-state index contributed by atoms with van der Waals surface area (Å²) in [7, 11) is 0. The van der Waals surface area contributed by atoms with Crippen LogP contribution in [0.2, 0.25) is 0 Å². The normalized spacial score (nSPS) is 12.4. The fourth-order valence-corrected chi connectivity index (χ4v) is 1.91. The van der Waals surface area contributed by atoms with Crippen molar-refractivity contribution in [1.29, 1.82) is 0 Å². The Morgan fingerprint density at radius 2 is 2.07 bits per heavy atom. The van der Waals surface area contributed by atoms with Crippen LogP contribution in [0.1, 0.15) is 25.0 Å². The first-order chi connectivity index (χ1) is 6.77. The Bertz CT molecular complexity index is 279. The van der Waals surface area contributed by atoms with E-state index in [-0.39, 0.29) is 0 Å². The van der Waals surface area contributed by atoms with Crippen molar-refractivity contribution in [1.82, 2.24) is 0 Å². The van der Waals surface area contributed by atoms with Crippen LogP contribution in [0.15, 0.2) is 41.8 Å². The summed E-state index contributed by atoms with van der Waals surface area (Å²) in [6, 6.07) is 8.06. The molecule has 0 aromatic heterocycles. The fraction of sp³-hybridized carbons (Fsp3) is 0.333. The van der Waals surface area contributed by atoms with Crippen molar-refractivity contribution < 1.29 is 5.11 Å². The van der Waals surface area contributed by atoms with Crippen LogP contribution < -0.4 is 0 Å². The molecule has 0 aliphatic heterocycles.